The summed E-state index contributed by atoms with van der Waals surface area (Å²) in [6.07, 6.45) is 0. The van der Waals surface area contributed by atoms with Crippen LogP contribution in [0.4, 0.5) is 17.6 Å². The number of nitrogen functional groups attached to an aromatic ring is 1. The van der Waals surface area contributed by atoms with Gasteiger partial charge in [0.05, 0.1) is 7.11 Å². The predicted octanol–water partition coefficient (Wildman–Crippen LogP) is 1.88. The third-order valence-electron chi connectivity index (χ3n) is 2.37. The average molecular weight is 266 g/mol. The van der Waals surface area contributed by atoms with Crippen molar-refractivity contribution >= 4 is 29.2 Å². The largest absolute Gasteiger partial charge is 0.497 e. The van der Waals surface area contributed by atoms with Crippen LogP contribution in [0.1, 0.15) is 0 Å². The molecule has 2 N–H and O–H groups in total. The van der Waals surface area contributed by atoms with Crippen LogP contribution >= 0.6 is 11.6 Å². The number of hydrogen-bond donors (Lipinski definition) is 1. The molecule has 0 bridgehead atoms. The Morgan fingerprint density at radius 1 is 1.17 bits per heavy atom. The fourth-order valence-corrected chi connectivity index (χ4v) is 1.59. The van der Waals surface area contributed by atoms with Crippen LogP contribution in [0, 0.1) is 0 Å². The molecule has 0 aliphatic heterocycles. The summed E-state index contributed by atoms with van der Waals surface area (Å²) in [4.78, 5) is 13.5. The molecule has 1 heterocycles. The molecule has 6 nitrogen and oxygen atoms in total. The molecule has 0 unspecified atom stereocenters. The molecule has 0 aliphatic carbocycles. The fourth-order valence-electron chi connectivity index (χ4n) is 1.43. The molecule has 0 atom stereocenters. The van der Waals surface area contributed by atoms with Crippen molar-refractivity contribution in [1.29, 1.82) is 0 Å². The fraction of sp³-hybridized carbons (Fsp3) is 0.182. The van der Waals surface area contributed by atoms with E-state index in [9.17, 15) is 0 Å². The molecule has 0 fully saturated rings. The third-order valence-corrected chi connectivity index (χ3v) is 2.54. The Morgan fingerprint density at radius 2 is 1.83 bits per heavy atom. The van der Waals surface area contributed by atoms with Crippen molar-refractivity contribution in [2.75, 3.05) is 24.8 Å². The summed E-state index contributed by atoms with van der Waals surface area (Å²) in [5.41, 5.74) is 6.41. The minimum absolute atomic E-state index is 0.0675. The number of methoxy groups -OCH3 is 1. The van der Waals surface area contributed by atoms with E-state index >= 15 is 0 Å². The van der Waals surface area contributed by atoms with Crippen molar-refractivity contribution < 1.29 is 4.74 Å². The van der Waals surface area contributed by atoms with Gasteiger partial charge in [-0.2, -0.15) is 15.0 Å². The molecule has 2 rings (SSSR count). The summed E-state index contributed by atoms with van der Waals surface area (Å²) in [6.45, 7) is 0. The number of rotatable bonds is 3. The molecular formula is C11H12ClN5O. The quantitative estimate of drug-likeness (QED) is 0.913. The van der Waals surface area contributed by atoms with E-state index in [0.717, 1.165) is 11.4 Å². The lowest BCUT2D eigenvalue weighted by Crippen LogP contribution is -2.14. The zero-order valence-electron chi connectivity index (χ0n) is 9.96. The standard InChI is InChI=1S/C11H12ClN5O/c1-17(7-3-5-8(18-2)6-4-7)11-15-9(12)14-10(13)16-11/h3-6H,1-2H3,(H2,13,14,15,16). The average Bonchev–Trinajstić information content (AvgIpc) is 2.37. The SMILES string of the molecule is COc1ccc(N(C)c2nc(N)nc(Cl)n2)cc1. The van der Waals surface area contributed by atoms with E-state index in [0.29, 0.717) is 5.95 Å². The molecule has 94 valence electrons. The first kappa shape index (κ1) is 12.4. The van der Waals surface area contributed by atoms with Crippen molar-refractivity contribution in [2.24, 2.45) is 0 Å². The van der Waals surface area contributed by atoms with Gasteiger partial charge in [-0.05, 0) is 35.9 Å². The molecule has 7 heteroatoms. The molecule has 0 amide bonds. The lowest BCUT2D eigenvalue weighted by atomic mass is 10.3. The Morgan fingerprint density at radius 3 is 2.39 bits per heavy atom. The zero-order chi connectivity index (χ0) is 13.1. The van der Waals surface area contributed by atoms with E-state index in [1.54, 1.807) is 12.0 Å². The van der Waals surface area contributed by atoms with E-state index in [-0.39, 0.29) is 11.2 Å². The topological polar surface area (TPSA) is 77.2 Å². The normalized spacial score (nSPS) is 10.2. The molecule has 1 aromatic carbocycles. The van der Waals surface area contributed by atoms with Crippen LogP contribution in [0.2, 0.25) is 5.28 Å². The molecule has 2 aromatic rings. The highest BCUT2D eigenvalue weighted by Gasteiger charge is 2.09. The van der Waals surface area contributed by atoms with Crippen LogP contribution < -0.4 is 15.4 Å². The molecule has 0 radical (unpaired) electrons. The van der Waals surface area contributed by atoms with Crippen molar-refractivity contribution in [3.63, 3.8) is 0 Å². The van der Waals surface area contributed by atoms with Gasteiger partial charge in [0.15, 0.2) is 0 Å². The van der Waals surface area contributed by atoms with Gasteiger partial charge >= 0.3 is 0 Å². The van der Waals surface area contributed by atoms with E-state index in [1.165, 1.54) is 0 Å². The lowest BCUT2D eigenvalue weighted by Gasteiger charge is -2.17. The summed E-state index contributed by atoms with van der Waals surface area (Å²) in [5.74, 6) is 1.25. The molecule has 1 aromatic heterocycles. The highest BCUT2D eigenvalue weighted by Crippen LogP contribution is 2.23. The maximum absolute atomic E-state index is 5.74. The Bertz CT molecular complexity index is 525. The van der Waals surface area contributed by atoms with E-state index in [4.69, 9.17) is 22.1 Å². The molecule has 0 aliphatic rings. The Balaban J connectivity index is 2.31. The first-order chi connectivity index (χ1) is 8.60. The van der Waals surface area contributed by atoms with Gasteiger partial charge in [-0.25, -0.2) is 0 Å². The summed E-state index contributed by atoms with van der Waals surface area (Å²) < 4.78 is 5.09. The highest BCUT2D eigenvalue weighted by atomic mass is 35.5. The van der Waals surface area contributed by atoms with Gasteiger partial charge in [-0.15, -0.1) is 0 Å². The number of anilines is 3. The third kappa shape index (κ3) is 2.60. The van der Waals surface area contributed by atoms with Crippen molar-refractivity contribution in [2.45, 2.75) is 0 Å². The van der Waals surface area contributed by atoms with Gasteiger partial charge in [0.25, 0.3) is 0 Å². The van der Waals surface area contributed by atoms with Crippen LogP contribution in [0.25, 0.3) is 0 Å². The second kappa shape index (κ2) is 5.05. The van der Waals surface area contributed by atoms with E-state index in [2.05, 4.69) is 15.0 Å². The van der Waals surface area contributed by atoms with Gasteiger partial charge < -0.3 is 15.4 Å². The number of benzene rings is 1. The zero-order valence-corrected chi connectivity index (χ0v) is 10.7. The monoisotopic (exact) mass is 265 g/mol. The summed E-state index contributed by atoms with van der Waals surface area (Å²) in [6, 6.07) is 7.45. The minimum atomic E-state index is 0.0675. The first-order valence-corrected chi connectivity index (χ1v) is 5.53. The van der Waals surface area contributed by atoms with Crippen molar-refractivity contribution in [3.8, 4) is 5.75 Å². The second-order valence-electron chi connectivity index (χ2n) is 3.52. The maximum Gasteiger partial charge on any atom is 0.235 e. The lowest BCUT2D eigenvalue weighted by molar-refractivity contribution is 0.415. The second-order valence-corrected chi connectivity index (χ2v) is 3.86. The van der Waals surface area contributed by atoms with Crippen molar-refractivity contribution in [3.05, 3.63) is 29.5 Å². The van der Waals surface area contributed by atoms with E-state index < -0.39 is 0 Å². The summed E-state index contributed by atoms with van der Waals surface area (Å²) in [5, 5.41) is 0.0675. The van der Waals surface area contributed by atoms with Crippen LogP contribution in [0.15, 0.2) is 24.3 Å². The molecule has 18 heavy (non-hydrogen) atoms. The van der Waals surface area contributed by atoms with Crippen LogP contribution in [0.3, 0.4) is 0 Å². The molecular weight excluding hydrogens is 254 g/mol. The highest BCUT2D eigenvalue weighted by molar-refractivity contribution is 6.28. The minimum Gasteiger partial charge on any atom is -0.497 e. The van der Waals surface area contributed by atoms with Crippen LogP contribution in [-0.2, 0) is 0 Å². The molecule has 0 saturated heterocycles. The number of aromatic nitrogens is 3. The van der Waals surface area contributed by atoms with Gasteiger partial charge in [0.2, 0.25) is 17.2 Å². The van der Waals surface area contributed by atoms with Crippen LogP contribution in [-0.4, -0.2) is 29.1 Å². The van der Waals surface area contributed by atoms with Gasteiger partial charge in [0, 0.05) is 12.7 Å². The number of halogens is 1. The van der Waals surface area contributed by atoms with Crippen LogP contribution in [0.5, 0.6) is 5.75 Å². The Hall–Kier alpha value is -2.08. The van der Waals surface area contributed by atoms with Gasteiger partial charge in [0.1, 0.15) is 5.75 Å². The number of ether oxygens (including phenoxy) is 1. The van der Waals surface area contributed by atoms with E-state index in [1.807, 2.05) is 31.3 Å². The molecule has 0 saturated carbocycles. The first-order valence-electron chi connectivity index (χ1n) is 5.15. The predicted molar refractivity (Wildman–Crippen MR) is 70.3 cm³/mol. The number of hydrogen-bond acceptors (Lipinski definition) is 6. The summed E-state index contributed by atoms with van der Waals surface area (Å²) in [7, 11) is 3.43. The Labute approximate surface area is 109 Å². The maximum atomic E-state index is 5.74. The van der Waals surface area contributed by atoms with Crippen molar-refractivity contribution in [1.82, 2.24) is 15.0 Å². The van der Waals surface area contributed by atoms with Gasteiger partial charge in [-0.3, -0.25) is 0 Å². The molecule has 0 spiro atoms. The summed E-state index contributed by atoms with van der Waals surface area (Å²) >= 11 is 5.74. The Kier molecular flexibility index (Phi) is 3.47. The van der Waals surface area contributed by atoms with Gasteiger partial charge in [-0.1, -0.05) is 0 Å². The number of nitrogens with two attached hydrogens (primary N) is 1. The smallest absolute Gasteiger partial charge is 0.235 e. The number of nitrogens with zero attached hydrogens (tertiary/aromatic N) is 4.